The SMILES string of the molecule is CO[P+]([O-])=CC(=N)N. The average molecular weight is 134 g/mol. The molecule has 0 aromatic rings. The van der Waals surface area contributed by atoms with Gasteiger partial charge in [-0.05, 0) is 0 Å². The van der Waals surface area contributed by atoms with Gasteiger partial charge in [-0.15, -0.1) is 0 Å². The fourth-order valence-corrected chi connectivity index (χ4v) is 0.499. The Hall–Kier alpha value is -0.440. The van der Waals surface area contributed by atoms with Crippen LogP contribution in [-0.4, -0.2) is 18.7 Å². The molecule has 8 heavy (non-hydrogen) atoms. The third-order valence-corrected chi connectivity index (χ3v) is 1.27. The second-order valence-corrected chi connectivity index (χ2v) is 2.25. The molecule has 0 saturated carbocycles. The Morgan fingerprint density at radius 3 is 2.62 bits per heavy atom. The number of hydrogen-bond donors (Lipinski definition) is 2. The Morgan fingerprint density at radius 1 is 2.00 bits per heavy atom. The summed E-state index contributed by atoms with van der Waals surface area (Å²) < 4.78 is 4.29. The number of nitrogens with two attached hydrogens (primary N) is 1. The lowest BCUT2D eigenvalue weighted by molar-refractivity contribution is -0.169. The lowest BCUT2D eigenvalue weighted by Crippen LogP contribution is -2.11. The van der Waals surface area contributed by atoms with E-state index in [1.807, 2.05) is 0 Å². The summed E-state index contributed by atoms with van der Waals surface area (Å²) in [7, 11) is -0.553. The van der Waals surface area contributed by atoms with Crippen LogP contribution in [0.4, 0.5) is 0 Å². The van der Waals surface area contributed by atoms with E-state index in [1.165, 1.54) is 7.11 Å². The highest BCUT2D eigenvalue weighted by atomic mass is 31.1. The number of nitrogens with one attached hydrogen (secondary N) is 1. The summed E-state index contributed by atoms with van der Waals surface area (Å²) in [4.78, 5) is 10.3. The van der Waals surface area contributed by atoms with Gasteiger partial charge in [0, 0.05) is 0 Å². The van der Waals surface area contributed by atoms with Crippen LogP contribution in [0.25, 0.3) is 0 Å². The minimum absolute atomic E-state index is 0.229. The standard InChI is InChI=1S/C3H7N2O2P/c1-7-8(6)2-3(4)5/h2H,1H3,(H3,4,5). The molecular formula is C3H7N2O2P. The van der Waals surface area contributed by atoms with Crippen LogP contribution in [0.15, 0.2) is 0 Å². The van der Waals surface area contributed by atoms with Crippen LogP contribution >= 0.6 is 8.00 Å². The Kier molecular flexibility index (Phi) is 3.35. The first-order valence-corrected chi connectivity index (χ1v) is 3.11. The van der Waals surface area contributed by atoms with Gasteiger partial charge < -0.3 is 10.6 Å². The average Bonchev–Trinajstić information content (AvgIpc) is 1.65. The largest absolute Gasteiger partial charge is 0.603 e. The van der Waals surface area contributed by atoms with E-state index in [9.17, 15) is 4.89 Å². The number of rotatable bonds is 2. The van der Waals surface area contributed by atoms with Crippen molar-refractivity contribution in [2.24, 2.45) is 5.73 Å². The number of hydrogen-bond acceptors (Lipinski definition) is 3. The Labute approximate surface area is 48.3 Å². The normalized spacial score (nSPS) is 11.5. The summed E-state index contributed by atoms with van der Waals surface area (Å²) in [6.45, 7) is 0. The van der Waals surface area contributed by atoms with Crippen LogP contribution in [0.2, 0.25) is 0 Å². The zero-order valence-electron chi connectivity index (χ0n) is 4.42. The maximum atomic E-state index is 10.3. The first-order chi connectivity index (χ1) is 3.66. The summed E-state index contributed by atoms with van der Waals surface area (Å²) in [5, 5.41) is 6.59. The Morgan fingerprint density at radius 2 is 2.50 bits per heavy atom. The highest BCUT2D eigenvalue weighted by Crippen LogP contribution is 2.05. The van der Waals surface area contributed by atoms with E-state index in [-0.39, 0.29) is 5.84 Å². The molecule has 0 aliphatic carbocycles. The van der Waals surface area contributed by atoms with Gasteiger partial charge in [-0.1, -0.05) is 0 Å². The van der Waals surface area contributed by atoms with E-state index in [2.05, 4.69) is 4.52 Å². The third-order valence-electron chi connectivity index (χ3n) is 0.424. The van der Waals surface area contributed by atoms with E-state index in [4.69, 9.17) is 11.1 Å². The van der Waals surface area contributed by atoms with Gasteiger partial charge in [0.25, 0.3) is 0 Å². The molecule has 0 aromatic heterocycles. The van der Waals surface area contributed by atoms with E-state index in [1.54, 1.807) is 0 Å². The van der Waals surface area contributed by atoms with Crippen molar-refractivity contribution < 1.29 is 9.42 Å². The molecule has 1 unspecified atom stereocenters. The van der Waals surface area contributed by atoms with Crippen molar-refractivity contribution >= 4 is 19.6 Å². The summed E-state index contributed by atoms with van der Waals surface area (Å²) in [6, 6.07) is 0. The molecule has 0 heterocycles. The fourth-order valence-electron chi connectivity index (χ4n) is 0.166. The highest BCUT2D eigenvalue weighted by Gasteiger charge is 1.91. The van der Waals surface area contributed by atoms with Gasteiger partial charge in [0.2, 0.25) is 8.00 Å². The molecule has 0 amide bonds. The van der Waals surface area contributed by atoms with Crippen molar-refractivity contribution in [2.45, 2.75) is 0 Å². The van der Waals surface area contributed by atoms with E-state index < -0.39 is 8.00 Å². The molecule has 0 rings (SSSR count). The van der Waals surface area contributed by atoms with Crippen LogP contribution in [0.5, 0.6) is 0 Å². The molecular weight excluding hydrogens is 127 g/mol. The minimum Gasteiger partial charge on any atom is -0.603 e. The molecule has 0 radical (unpaired) electrons. The van der Waals surface area contributed by atoms with Gasteiger partial charge >= 0.3 is 0 Å². The molecule has 3 N–H and O–H groups in total. The lowest BCUT2D eigenvalue weighted by Gasteiger charge is -1.87. The van der Waals surface area contributed by atoms with E-state index in [0.717, 1.165) is 5.80 Å². The maximum Gasteiger partial charge on any atom is 0.224 e. The van der Waals surface area contributed by atoms with Crippen LogP contribution in [-0.2, 0) is 4.52 Å². The summed E-state index contributed by atoms with van der Waals surface area (Å²) in [5.74, 6) is 0.808. The van der Waals surface area contributed by atoms with Crippen LogP contribution in [0, 0.1) is 5.41 Å². The van der Waals surface area contributed by atoms with Gasteiger partial charge in [0.05, 0.1) is 7.11 Å². The van der Waals surface area contributed by atoms with Gasteiger partial charge in [0.1, 0.15) is 0 Å². The number of amidine groups is 1. The summed E-state index contributed by atoms with van der Waals surface area (Å²) >= 11 is 0. The first kappa shape index (κ1) is 7.56. The van der Waals surface area contributed by atoms with Crippen molar-refractivity contribution in [2.75, 3.05) is 7.11 Å². The molecule has 0 aliphatic rings. The molecule has 0 saturated heterocycles. The van der Waals surface area contributed by atoms with Crippen LogP contribution < -0.4 is 10.6 Å². The van der Waals surface area contributed by atoms with Crippen molar-refractivity contribution in [3.63, 3.8) is 0 Å². The van der Waals surface area contributed by atoms with Crippen molar-refractivity contribution in [1.82, 2.24) is 0 Å². The second kappa shape index (κ2) is 3.55. The third kappa shape index (κ3) is 3.74. The Bertz CT molecular complexity index is 122. The topological polar surface area (TPSA) is 82.2 Å². The predicted molar refractivity (Wildman–Crippen MR) is 31.9 cm³/mol. The minimum atomic E-state index is -1.84. The van der Waals surface area contributed by atoms with Crippen LogP contribution in [0.3, 0.4) is 0 Å². The highest BCUT2D eigenvalue weighted by molar-refractivity contribution is 7.47. The monoisotopic (exact) mass is 134 g/mol. The molecule has 0 aromatic carbocycles. The van der Waals surface area contributed by atoms with Gasteiger partial charge in [-0.2, -0.15) is 4.52 Å². The van der Waals surface area contributed by atoms with Crippen LogP contribution in [0.1, 0.15) is 0 Å². The zero-order valence-corrected chi connectivity index (χ0v) is 5.31. The molecule has 0 aliphatic heterocycles. The first-order valence-electron chi connectivity index (χ1n) is 1.86. The van der Waals surface area contributed by atoms with E-state index >= 15 is 0 Å². The quantitative estimate of drug-likeness (QED) is 0.290. The fraction of sp³-hybridized carbons (Fsp3) is 0.333. The Balaban J connectivity index is 3.75. The summed E-state index contributed by atoms with van der Waals surface area (Å²) in [5.41, 5.74) is 4.83. The molecule has 0 fully saturated rings. The van der Waals surface area contributed by atoms with Crippen molar-refractivity contribution in [3.8, 4) is 0 Å². The predicted octanol–water partition coefficient (Wildman–Crippen LogP) is -0.957. The van der Waals surface area contributed by atoms with Gasteiger partial charge in [-0.25, -0.2) is 0 Å². The molecule has 46 valence electrons. The lowest BCUT2D eigenvalue weighted by atomic mass is 10.7. The van der Waals surface area contributed by atoms with E-state index in [0.29, 0.717) is 0 Å². The molecule has 5 heteroatoms. The maximum absolute atomic E-state index is 10.3. The van der Waals surface area contributed by atoms with Gasteiger partial charge in [0.15, 0.2) is 11.6 Å². The summed E-state index contributed by atoms with van der Waals surface area (Å²) in [6.07, 6.45) is 0. The van der Waals surface area contributed by atoms with Crippen molar-refractivity contribution in [1.29, 1.82) is 5.41 Å². The molecule has 1 atom stereocenters. The molecule has 0 spiro atoms. The molecule has 0 bridgehead atoms. The second-order valence-electron chi connectivity index (χ2n) is 1.05. The van der Waals surface area contributed by atoms with Gasteiger partial charge in [-0.3, -0.25) is 5.41 Å². The molecule has 4 nitrogen and oxygen atoms in total. The smallest absolute Gasteiger partial charge is 0.224 e. The van der Waals surface area contributed by atoms with Crippen molar-refractivity contribution in [3.05, 3.63) is 0 Å². The zero-order chi connectivity index (χ0) is 6.57.